The van der Waals surface area contributed by atoms with Gasteiger partial charge in [0, 0.05) is 0 Å². The number of imidazole rings is 1. The van der Waals surface area contributed by atoms with Crippen molar-refractivity contribution < 1.29 is 9.53 Å². The van der Waals surface area contributed by atoms with Crippen LogP contribution in [-0.2, 0) is 11.2 Å². The number of carbonyl (C=O) groups is 1. The smallest absolute Gasteiger partial charge is 0.258 e. The number of hydrogen-bond acceptors (Lipinski definition) is 3. The van der Waals surface area contributed by atoms with Gasteiger partial charge in [0.2, 0.25) is 0 Å². The Morgan fingerprint density at radius 1 is 1.15 bits per heavy atom. The van der Waals surface area contributed by atoms with Crippen LogP contribution in [0.1, 0.15) is 38.2 Å². The van der Waals surface area contributed by atoms with E-state index in [4.69, 9.17) is 4.74 Å². The number of ether oxygens (including phenoxy) is 1. The molecule has 3 aromatic rings. The number of H-pyrrole nitrogens is 1. The molecule has 1 unspecified atom stereocenters. The van der Waals surface area contributed by atoms with Crippen LogP contribution < -0.4 is 10.1 Å². The van der Waals surface area contributed by atoms with Gasteiger partial charge in [-0.15, -0.1) is 0 Å². The molecule has 136 valence electrons. The van der Waals surface area contributed by atoms with Crippen molar-refractivity contribution in [2.75, 3.05) is 6.61 Å². The predicted octanol–water partition coefficient (Wildman–Crippen LogP) is 4.02. The zero-order valence-electron chi connectivity index (χ0n) is 15.5. The van der Waals surface area contributed by atoms with E-state index < -0.39 is 0 Å². The molecule has 2 N–H and O–H groups in total. The van der Waals surface area contributed by atoms with Crippen LogP contribution in [-0.4, -0.2) is 22.5 Å². The number of nitrogens with zero attached hydrogens (tertiary/aromatic N) is 1. The first kappa shape index (κ1) is 18.0. The molecule has 1 aromatic heterocycles. The lowest BCUT2D eigenvalue weighted by atomic mass is 10.0. The maximum atomic E-state index is 12.4. The molecule has 0 aliphatic rings. The number of nitrogens with one attached hydrogen (secondary N) is 2. The van der Waals surface area contributed by atoms with E-state index in [1.807, 2.05) is 48.5 Å². The first-order valence-electron chi connectivity index (χ1n) is 9.03. The summed E-state index contributed by atoms with van der Waals surface area (Å²) in [7, 11) is 0. The Bertz CT molecular complexity index is 853. The molecule has 26 heavy (non-hydrogen) atoms. The lowest BCUT2D eigenvalue weighted by molar-refractivity contribution is -0.124. The topological polar surface area (TPSA) is 67.0 Å². The van der Waals surface area contributed by atoms with Crippen LogP contribution in [0.2, 0.25) is 0 Å². The van der Waals surface area contributed by atoms with Gasteiger partial charge in [-0.2, -0.15) is 0 Å². The van der Waals surface area contributed by atoms with Crippen molar-refractivity contribution in [2.24, 2.45) is 5.92 Å². The number of rotatable bonds is 7. The van der Waals surface area contributed by atoms with E-state index in [1.54, 1.807) is 0 Å². The summed E-state index contributed by atoms with van der Waals surface area (Å²) in [6.07, 6.45) is 0.866. The maximum Gasteiger partial charge on any atom is 0.258 e. The quantitative estimate of drug-likeness (QED) is 0.676. The third-order valence-electron chi connectivity index (χ3n) is 4.40. The van der Waals surface area contributed by atoms with Crippen LogP contribution in [0.3, 0.4) is 0 Å². The van der Waals surface area contributed by atoms with Crippen LogP contribution in [0.4, 0.5) is 0 Å². The number of hydrogen-bond donors (Lipinski definition) is 2. The van der Waals surface area contributed by atoms with E-state index in [0.717, 1.165) is 34.6 Å². The summed E-state index contributed by atoms with van der Waals surface area (Å²) in [6.45, 7) is 6.18. The maximum absolute atomic E-state index is 12.4. The number of benzene rings is 2. The third-order valence-corrected chi connectivity index (χ3v) is 4.40. The van der Waals surface area contributed by atoms with Crippen LogP contribution in [0.5, 0.6) is 5.75 Å². The number of aryl methyl sites for hydroxylation is 1. The molecule has 0 radical (unpaired) electrons. The zero-order valence-corrected chi connectivity index (χ0v) is 15.5. The predicted molar refractivity (Wildman–Crippen MR) is 103 cm³/mol. The number of carbonyl (C=O) groups excluding carboxylic acids is 1. The van der Waals surface area contributed by atoms with Gasteiger partial charge >= 0.3 is 0 Å². The lowest BCUT2D eigenvalue weighted by Gasteiger charge is -2.20. The highest BCUT2D eigenvalue weighted by molar-refractivity contribution is 5.78. The SMILES string of the molecule is CCc1ccccc1OCC(=O)NC(c1nc2ccccc2[nH]1)C(C)C. The third kappa shape index (κ3) is 4.04. The summed E-state index contributed by atoms with van der Waals surface area (Å²) < 4.78 is 5.72. The van der Waals surface area contributed by atoms with E-state index >= 15 is 0 Å². The summed E-state index contributed by atoms with van der Waals surface area (Å²) in [5.41, 5.74) is 2.96. The van der Waals surface area contributed by atoms with E-state index in [-0.39, 0.29) is 24.5 Å². The van der Waals surface area contributed by atoms with Gasteiger partial charge in [-0.3, -0.25) is 4.79 Å². The molecule has 2 aromatic carbocycles. The van der Waals surface area contributed by atoms with E-state index in [9.17, 15) is 4.79 Å². The molecule has 1 atom stereocenters. The van der Waals surface area contributed by atoms with Crippen molar-refractivity contribution in [3.05, 3.63) is 59.9 Å². The minimum absolute atomic E-state index is 0.0134. The summed E-state index contributed by atoms with van der Waals surface area (Å²) in [4.78, 5) is 20.4. The lowest BCUT2D eigenvalue weighted by Crippen LogP contribution is -2.35. The molecule has 0 saturated heterocycles. The van der Waals surface area contributed by atoms with Gasteiger partial charge in [0.25, 0.3) is 5.91 Å². The minimum atomic E-state index is -0.195. The van der Waals surface area contributed by atoms with Crippen molar-refractivity contribution in [2.45, 2.75) is 33.2 Å². The fraction of sp³-hybridized carbons (Fsp3) is 0.333. The van der Waals surface area contributed by atoms with Gasteiger partial charge in [0.1, 0.15) is 11.6 Å². The number of fused-ring (bicyclic) bond motifs is 1. The van der Waals surface area contributed by atoms with Crippen molar-refractivity contribution in [1.29, 1.82) is 0 Å². The number of amides is 1. The van der Waals surface area contributed by atoms with Crippen LogP contribution in [0.15, 0.2) is 48.5 Å². The van der Waals surface area contributed by atoms with E-state index in [1.165, 1.54) is 0 Å². The molecule has 1 heterocycles. The Labute approximate surface area is 153 Å². The summed E-state index contributed by atoms with van der Waals surface area (Å²) in [5.74, 6) is 1.57. The molecule has 0 aliphatic heterocycles. The molecule has 0 spiro atoms. The molecular weight excluding hydrogens is 326 g/mol. The van der Waals surface area contributed by atoms with Crippen molar-refractivity contribution in [1.82, 2.24) is 15.3 Å². The van der Waals surface area contributed by atoms with Gasteiger partial charge < -0.3 is 15.0 Å². The standard InChI is InChI=1S/C21H25N3O2/c1-4-15-9-5-8-12-18(15)26-13-19(25)24-20(14(2)3)21-22-16-10-6-7-11-17(16)23-21/h5-12,14,20H,4,13H2,1-3H3,(H,22,23)(H,24,25). The Kier molecular flexibility index (Phi) is 5.56. The second-order valence-corrected chi connectivity index (χ2v) is 6.68. The zero-order chi connectivity index (χ0) is 18.5. The normalized spacial score (nSPS) is 12.3. The molecule has 1 amide bonds. The van der Waals surface area contributed by atoms with Gasteiger partial charge in [-0.05, 0) is 36.1 Å². The first-order chi connectivity index (χ1) is 12.6. The second-order valence-electron chi connectivity index (χ2n) is 6.68. The molecule has 0 bridgehead atoms. The van der Waals surface area contributed by atoms with Gasteiger partial charge in [-0.1, -0.05) is 51.1 Å². The highest BCUT2D eigenvalue weighted by Crippen LogP contribution is 2.22. The van der Waals surface area contributed by atoms with Crippen LogP contribution in [0.25, 0.3) is 11.0 Å². The molecule has 0 fully saturated rings. The highest BCUT2D eigenvalue weighted by Gasteiger charge is 2.22. The number of aromatic amines is 1. The van der Waals surface area contributed by atoms with Crippen molar-refractivity contribution >= 4 is 16.9 Å². The fourth-order valence-electron chi connectivity index (χ4n) is 2.97. The molecule has 5 heteroatoms. The fourth-order valence-corrected chi connectivity index (χ4v) is 2.97. The Morgan fingerprint density at radius 3 is 2.62 bits per heavy atom. The average molecular weight is 351 g/mol. The number of para-hydroxylation sites is 3. The van der Waals surface area contributed by atoms with Crippen LogP contribution in [0, 0.1) is 5.92 Å². The van der Waals surface area contributed by atoms with Crippen molar-refractivity contribution in [3.63, 3.8) is 0 Å². The summed E-state index contributed by atoms with van der Waals surface area (Å²) in [5, 5.41) is 3.04. The van der Waals surface area contributed by atoms with E-state index in [2.05, 4.69) is 36.1 Å². The van der Waals surface area contributed by atoms with E-state index in [0.29, 0.717) is 0 Å². The molecule has 0 aliphatic carbocycles. The second kappa shape index (κ2) is 8.04. The van der Waals surface area contributed by atoms with Crippen molar-refractivity contribution in [3.8, 4) is 5.75 Å². The minimum Gasteiger partial charge on any atom is -0.483 e. The van der Waals surface area contributed by atoms with Crippen LogP contribution >= 0.6 is 0 Å². The molecule has 3 rings (SSSR count). The average Bonchev–Trinajstić information content (AvgIpc) is 3.08. The molecule has 5 nitrogen and oxygen atoms in total. The van der Waals surface area contributed by atoms with Gasteiger partial charge in [-0.25, -0.2) is 4.98 Å². The summed E-state index contributed by atoms with van der Waals surface area (Å²) >= 11 is 0. The Morgan fingerprint density at radius 2 is 1.88 bits per heavy atom. The van der Waals surface area contributed by atoms with Gasteiger partial charge in [0.15, 0.2) is 6.61 Å². The Hall–Kier alpha value is -2.82. The Balaban J connectivity index is 1.68. The number of aromatic nitrogens is 2. The largest absolute Gasteiger partial charge is 0.483 e. The molecular formula is C21H25N3O2. The van der Waals surface area contributed by atoms with Gasteiger partial charge in [0.05, 0.1) is 17.1 Å². The molecule has 0 saturated carbocycles. The first-order valence-corrected chi connectivity index (χ1v) is 9.03. The highest BCUT2D eigenvalue weighted by atomic mass is 16.5. The summed E-state index contributed by atoms with van der Waals surface area (Å²) in [6, 6.07) is 15.5. The monoisotopic (exact) mass is 351 g/mol.